The van der Waals surface area contributed by atoms with Crippen LogP contribution in [0.2, 0.25) is 10.0 Å². The van der Waals surface area contributed by atoms with E-state index in [1.807, 2.05) is 12.1 Å². The second kappa shape index (κ2) is 11.3. The summed E-state index contributed by atoms with van der Waals surface area (Å²) >= 11 is 12.7. The van der Waals surface area contributed by atoms with Gasteiger partial charge >= 0.3 is 5.97 Å². The van der Waals surface area contributed by atoms with E-state index in [9.17, 15) is 15.0 Å². The van der Waals surface area contributed by atoms with Crippen molar-refractivity contribution in [1.29, 1.82) is 5.41 Å². The third-order valence-corrected chi connectivity index (χ3v) is 9.79. The van der Waals surface area contributed by atoms with Gasteiger partial charge in [-0.3, -0.25) is 9.81 Å². The van der Waals surface area contributed by atoms with E-state index in [1.54, 1.807) is 28.8 Å². The van der Waals surface area contributed by atoms with Gasteiger partial charge in [-0.1, -0.05) is 36.2 Å². The Kier molecular flexibility index (Phi) is 7.83. The summed E-state index contributed by atoms with van der Waals surface area (Å²) in [5, 5.41) is 29.7. The molecule has 2 heterocycles. The normalized spacial score (nSPS) is 27.7. The molecule has 3 N–H and O–H groups in total. The monoisotopic (exact) mass is 613 g/mol. The first kappa shape index (κ1) is 29.1. The molecule has 0 spiro atoms. The Bertz CT molecular complexity index is 1560. The lowest BCUT2D eigenvalue weighted by Crippen LogP contribution is -2.33. The Balaban J connectivity index is 1.13. The number of hydrogen-bond acceptors (Lipinski definition) is 5. The molecule has 10 heteroatoms. The van der Waals surface area contributed by atoms with Crippen LogP contribution < -0.4 is 0 Å². The number of carboxylic acid groups (broad SMARTS) is 1. The number of pyridine rings is 1. The Morgan fingerprint density at radius 3 is 2.62 bits per heavy atom. The molecule has 0 radical (unpaired) electrons. The number of carboxylic acids is 1. The number of carbonyl (C=O) groups is 1. The molecule has 3 aliphatic carbocycles. The van der Waals surface area contributed by atoms with Gasteiger partial charge in [0.15, 0.2) is 5.69 Å². The van der Waals surface area contributed by atoms with Gasteiger partial charge in [0.1, 0.15) is 17.1 Å². The van der Waals surface area contributed by atoms with E-state index in [-0.39, 0.29) is 48.1 Å². The summed E-state index contributed by atoms with van der Waals surface area (Å²) in [5.41, 5.74) is 0.915. The molecule has 2 aromatic heterocycles. The van der Waals surface area contributed by atoms with Crippen LogP contribution in [-0.4, -0.2) is 50.2 Å². The number of ether oxygens (including phenoxy) is 1. The highest BCUT2D eigenvalue weighted by molar-refractivity contribution is 6.41. The van der Waals surface area contributed by atoms with Gasteiger partial charge in [-0.2, -0.15) is 0 Å². The average molecular weight is 615 g/mol. The van der Waals surface area contributed by atoms with Crippen molar-refractivity contribution in [2.75, 3.05) is 13.2 Å². The lowest BCUT2D eigenvalue weighted by molar-refractivity contribution is 0.00198. The molecule has 3 saturated carbocycles. The zero-order valence-corrected chi connectivity index (χ0v) is 24.8. The molecule has 3 aliphatic rings. The van der Waals surface area contributed by atoms with Crippen molar-refractivity contribution in [2.24, 2.45) is 29.6 Å². The first-order valence-electron chi connectivity index (χ1n) is 14.5. The predicted octanol–water partition coefficient (Wildman–Crippen LogP) is 7.58. The summed E-state index contributed by atoms with van der Waals surface area (Å²) in [5.74, 6) is 0.283. The van der Waals surface area contributed by atoms with Crippen molar-refractivity contribution in [2.45, 2.75) is 51.1 Å². The Morgan fingerprint density at radius 1 is 1.19 bits per heavy atom. The Labute approximate surface area is 253 Å². The van der Waals surface area contributed by atoms with Crippen LogP contribution in [0.3, 0.4) is 0 Å². The van der Waals surface area contributed by atoms with Crippen molar-refractivity contribution in [3.05, 3.63) is 80.9 Å². The summed E-state index contributed by atoms with van der Waals surface area (Å²) in [6.07, 6.45) is 7.34. The number of fused-ring (bicyclic) bond motifs is 2. The van der Waals surface area contributed by atoms with Gasteiger partial charge in [0.05, 0.1) is 35.2 Å². The van der Waals surface area contributed by atoms with E-state index in [2.05, 4.69) is 11.9 Å². The number of hydrogen-bond donors (Lipinski definition) is 3. The van der Waals surface area contributed by atoms with E-state index in [1.165, 1.54) is 6.20 Å². The van der Waals surface area contributed by atoms with Crippen LogP contribution >= 0.6 is 23.2 Å². The predicted molar refractivity (Wildman–Crippen MR) is 160 cm³/mol. The number of aliphatic hydroxyl groups excluding tert-OH is 1. The van der Waals surface area contributed by atoms with Gasteiger partial charge in [0, 0.05) is 23.3 Å². The van der Waals surface area contributed by atoms with Crippen molar-refractivity contribution in [1.82, 2.24) is 9.38 Å². The highest BCUT2D eigenvalue weighted by Gasteiger charge is 2.56. The molecule has 0 saturated heterocycles. The molecule has 3 aromatic rings. The van der Waals surface area contributed by atoms with Gasteiger partial charge in [0.2, 0.25) is 0 Å². The molecular formula is C32H34Cl2FN3O4. The fourth-order valence-corrected chi connectivity index (χ4v) is 7.54. The highest BCUT2D eigenvalue weighted by Crippen LogP contribution is 2.59. The average Bonchev–Trinajstić information content (AvgIpc) is 3.84. The zero-order chi connectivity index (χ0) is 29.8. The quantitative estimate of drug-likeness (QED) is 0.161. The molecule has 7 nitrogen and oxygen atoms in total. The molecule has 222 valence electrons. The maximum absolute atomic E-state index is 16.5. The van der Waals surface area contributed by atoms with Crippen LogP contribution in [-0.2, 0) is 11.2 Å². The Morgan fingerprint density at radius 2 is 1.93 bits per heavy atom. The zero-order valence-electron chi connectivity index (χ0n) is 23.3. The number of imidazole rings is 1. The lowest BCUT2D eigenvalue weighted by atomic mass is 9.88. The number of nitrogens with zero attached hydrogens (tertiary/aromatic N) is 2. The third kappa shape index (κ3) is 5.81. The SMILES string of the molecule is CC1CC2C(Cc3ccn4c(C(=O)O)cnc4c3)C2CC(F)(COC/C(C(=N)c2c(Cl)cccc2Cl)=C(/O)C2CC2)C1. The van der Waals surface area contributed by atoms with Crippen LogP contribution in [0, 0.1) is 35.0 Å². The molecule has 0 aliphatic heterocycles. The number of aliphatic hydroxyl groups is 1. The second-order valence-corrected chi connectivity index (χ2v) is 13.2. The number of alkyl halides is 1. The van der Waals surface area contributed by atoms with Gasteiger partial charge in [-0.15, -0.1) is 0 Å². The molecule has 0 amide bonds. The molecule has 5 unspecified atom stereocenters. The fraction of sp³-hybridized carbons (Fsp3) is 0.469. The number of aromatic nitrogens is 2. The smallest absolute Gasteiger partial charge is 0.354 e. The minimum atomic E-state index is -1.51. The van der Waals surface area contributed by atoms with Crippen LogP contribution in [0.5, 0.6) is 0 Å². The van der Waals surface area contributed by atoms with E-state index < -0.39 is 11.6 Å². The number of aromatic carboxylic acids is 1. The number of nitrogens with one attached hydrogen (secondary N) is 1. The molecule has 1 aromatic carbocycles. The van der Waals surface area contributed by atoms with E-state index in [0.717, 1.165) is 31.2 Å². The maximum Gasteiger partial charge on any atom is 0.354 e. The van der Waals surface area contributed by atoms with Crippen LogP contribution in [0.25, 0.3) is 5.65 Å². The van der Waals surface area contributed by atoms with Crippen LogP contribution in [0.15, 0.2) is 54.1 Å². The minimum Gasteiger partial charge on any atom is -0.512 e. The van der Waals surface area contributed by atoms with Crippen molar-refractivity contribution in [3.8, 4) is 0 Å². The molecule has 0 bridgehead atoms. The van der Waals surface area contributed by atoms with Crippen LogP contribution in [0.4, 0.5) is 4.39 Å². The van der Waals surface area contributed by atoms with Gasteiger partial charge in [-0.05, 0) is 92.0 Å². The first-order valence-corrected chi connectivity index (χ1v) is 15.2. The van der Waals surface area contributed by atoms with E-state index >= 15 is 4.39 Å². The summed E-state index contributed by atoms with van der Waals surface area (Å²) in [7, 11) is 0. The number of benzene rings is 1. The second-order valence-electron chi connectivity index (χ2n) is 12.4. The van der Waals surface area contributed by atoms with Gasteiger partial charge in [0.25, 0.3) is 0 Å². The highest BCUT2D eigenvalue weighted by atomic mass is 35.5. The van der Waals surface area contributed by atoms with Crippen molar-refractivity contribution < 1.29 is 24.1 Å². The number of halogens is 3. The van der Waals surface area contributed by atoms with Crippen molar-refractivity contribution in [3.63, 3.8) is 0 Å². The van der Waals surface area contributed by atoms with Gasteiger partial charge in [-0.25, -0.2) is 14.2 Å². The third-order valence-electron chi connectivity index (χ3n) is 9.16. The summed E-state index contributed by atoms with van der Waals surface area (Å²) in [6, 6.07) is 8.84. The molecular weight excluding hydrogens is 580 g/mol. The first-order chi connectivity index (χ1) is 20.0. The van der Waals surface area contributed by atoms with E-state index in [4.69, 9.17) is 33.3 Å². The largest absolute Gasteiger partial charge is 0.512 e. The standard InChI is InChI=1S/C32H34Cl2FN3O4/c1-17-9-20-21(10-18-7-8-38-26(31(40)41)14-37-27(38)11-18)22(20)13-32(35,12-17)16-42-15-23(30(39)19-5-6-19)29(36)28-24(33)3-2-4-25(28)34/h2-4,7-8,11,14,17,19-22,36,39H,5-6,9-10,12-13,15-16H2,1H3,(H,40,41)/b30-23-,36-29?. The van der Waals surface area contributed by atoms with Crippen LogP contribution in [0.1, 0.15) is 60.6 Å². The maximum atomic E-state index is 16.5. The number of allylic oxidation sites excluding steroid dienone is 1. The summed E-state index contributed by atoms with van der Waals surface area (Å²) in [4.78, 5) is 15.6. The topological polar surface area (TPSA) is 108 Å². The summed E-state index contributed by atoms with van der Waals surface area (Å²) in [6.45, 7) is 1.88. The number of rotatable bonds is 10. The lowest BCUT2D eigenvalue weighted by Gasteiger charge is -2.28. The van der Waals surface area contributed by atoms with Crippen molar-refractivity contribution >= 4 is 40.5 Å². The molecule has 6 rings (SSSR count). The minimum absolute atomic E-state index is 0.00406. The molecule has 5 atom stereocenters. The Hall–Kier alpha value is -2.94. The molecule has 42 heavy (non-hydrogen) atoms. The van der Waals surface area contributed by atoms with E-state index in [0.29, 0.717) is 51.5 Å². The van der Waals surface area contributed by atoms with Gasteiger partial charge < -0.3 is 14.9 Å². The fourth-order valence-electron chi connectivity index (χ4n) is 6.96. The molecule has 3 fully saturated rings. The summed E-state index contributed by atoms with van der Waals surface area (Å²) < 4.78 is 24.0.